The second kappa shape index (κ2) is 4.50. The number of hydrogen-bond donors (Lipinski definition) is 1. The standard InChI is InChI=1S/C16H24O3/c1-10-7-13(11(2)12(3)14(10)18-6)16(8-19-9-16)15(4,5)17/h7,17H,8-9H2,1-6H3. The van der Waals surface area contributed by atoms with Crippen LogP contribution in [0.5, 0.6) is 5.75 Å². The molecule has 0 aromatic heterocycles. The topological polar surface area (TPSA) is 38.7 Å². The Bertz CT molecular complexity index is 494. The van der Waals surface area contributed by atoms with Crippen molar-refractivity contribution in [2.24, 2.45) is 0 Å². The van der Waals surface area contributed by atoms with Crippen molar-refractivity contribution in [2.75, 3.05) is 20.3 Å². The molecule has 106 valence electrons. The summed E-state index contributed by atoms with van der Waals surface area (Å²) in [5.74, 6) is 0.937. The molecule has 1 fully saturated rings. The summed E-state index contributed by atoms with van der Waals surface area (Å²) in [7, 11) is 1.70. The van der Waals surface area contributed by atoms with E-state index in [0.717, 1.165) is 16.9 Å². The number of methoxy groups -OCH3 is 1. The Balaban J connectivity index is 2.64. The van der Waals surface area contributed by atoms with Gasteiger partial charge in [-0.05, 0) is 56.9 Å². The number of hydrogen-bond acceptors (Lipinski definition) is 3. The van der Waals surface area contributed by atoms with Gasteiger partial charge in [-0.15, -0.1) is 0 Å². The molecule has 0 radical (unpaired) electrons. The summed E-state index contributed by atoms with van der Waals surface area (Å²) in [5.41, 5.74) is 3.52. The van der Waals surface area contributed by atoms with Crippen LogP contribution in [0.3, 0.4) is 0 Å². The highest BCUT2D eigenvalue weighted by molar-refractivity contribution is 5.53. The van der Waals surface area contributed by atoms with Crippen molar-refractivity contribution in [3.63, 3.8) is 0 Å². The summed E-state index contributed by atoms with van der Waals surface area (Å²) in [6, 6.07) is 2.14. The molecule has 3 nitrogen and oxygen atoms in total. The molecule has 0 spiro atoms. The first kappa shape index (κ1) is 14.4. The van der Waals surface area contributed by atoms with Crippen LogP contribution in [0.25, 0.3) is 0 Å². The van der Waals surface area contributed by atoms with Gasteiger partial charge in [0, 0.05) is 0 Å². The van der Waals surface area contributed by atoms with Gasteiger partial charge < -0.3 is 14.6 Å². The fraction of sp³-hybridized carbons (Fsp3) is 0.625. The van der Waals surface area contributed by atoms with Gasteiger partial charge in [0.05, 0.1) is 31.3 Å². The van der Waals surface area contributed by atoms with Crippen molar-refractivity contribution in [3.8, 4) is 5.75 Å². The molecule has 1 aliphatic rings. The number of aryl methyl sites for hydroxylation is 1. The van der Waals surface area contributed by atoms with E-state index >= 15 is 0 Å². The van der Waals surface area contributed by atoms with Crippen LogP contribution in [0, 0.1) is 20.8 Å². The Morgan fingerprint density at radius 1 is 1.21 bits per heavy atom. The highest BCUT2D eigenvalue weighted by atomic mass is 16.5. The Hall–Kier alpha value is -1.06. The fourth-order valence-electron chi connectivity index (χ4n) is 3.01. The van der Waals surface area contributed by atoms with Crippen LogP contribution >= 0.6 is 0 Å². The van der Waals surface area contributed by atoms with Gasteiger partial charge in [0.1, 0.15) is 5.75 Å². The van der Waals surface area contributed by atoms with E-state index < -0.39 is 5.60 Å². The predicted molar refractivity (Wildman–Crippen MR) is 76.0 cm³/mol. The van der Waals surface area contributed by atoms with E-state index in [2.05, 4.69) is 19.9 Å². The van der Waals surface area contributed by atoms with Crippen molar-refractivity contribution < 1.29 is 14.6 Å². The molecule has 0 amide bonds. The van der Waals surface area contributed by atoms with E-state index in [1.807, 2.05) is 20.8 Å². The minimum Gasteiger partial charge on any atom is -0.496 e. The summed E-state index contributed by atoms with van der Waals surface area (Å²) < 4.78 is 10.9. The van der Waals surface area contributed by atoms with Gasteiger partial charge in [0.25, 0.3) is 0 Å². The van der Waals surface area contributed by atoms with Crippen LogP contribution < -0.4 is 4.74 Å². The van der Waals surface area contributed by atoms with E-state index in [1.165, 1.54) is 11.1 Å². The van der Waals surface area contributed by atoms with Gasteiger partial charge >= 0.3 is 0 Å². The molecule has 0 atom stereocenters. The van der Waals surface area contributed by atoms with Crippen molar-refractivity contribution in [1.29, 1.82) is 0 Å². The lowest BCUT2D eigenvalue weighted by atomic mass is 9.65. The van der Waals surface area contributed by atoms with E-state index in [4.69, 9.17) is 9.47 Å². The lowest BCUT2D eigenvalue weighted by Gasteiger charge is -2.51. The van der Waals surface area contributed by atoms with Gasteiger partial charge in [-0.3, -0.25) is 0 Å². The molecule has 3 heteroatoms. The minimum atomic E-state index is -0.802. The van der Waals surface area contributed by atoms with Crippen LogP contribution in [0.1, 0.15) is 36.1 Å². The van der Waals surface area contributed by atoms with Gasteiger partial charge in [-0.25, -0.2) is 0 Å². The number of benzene rings is 1. The summed E-state index contributed by atoms with van der Waals surface area (Å²) >= 11 is 0. The van der Waals surface area contributed by atoms with Crippen LogP contribution in [-0.2, 0) is 10.2 Å². The van der Waals surface area contributed by atoms with Crippen molar-refractivity contribution >= 4 is 0 Å². The third-order valence-corrected chi connectivity index (χ3v) is 4.61. The Morgan fingerprint density at radius 3 is 2.16 bits per heavy atom. The van der Waals surface area contributed by atoms with Crippen molar-refractivity contribution in [2.45, 2.75) is 45.6 Å². The number of ether oxygens (including phenoxy) is 2. The van der Waals surface area contributed by atoms with Gasteiger partial charge in [0.15, 0.2) is 0 Å². The number of aliphatic hydroxyl groups is 1. The largest absolute Gasteiger partial charge is 0.496 e. The maximum atomic E-state index is 10.6. The zero-order chi connectivity index (χ0) is 14.4. The zero-order valence-electron chi connectivity index (χ0n) is 12.8. The van der Waals surface area contributed by atoms with Crippen LogP contribution in [0.4, 0.5) is 0 Å². The quantitative estimate of drug-likeness (QED) is 0.912. The van der Waals surface area contributed by atoms with Crippen LogP contribution in [-0.4, -0.2) is 31.0 Å². The second-order valence-electron chi connectivity index (χ2n) is 6.16. The zero-order valence-corrected chi connectivity index (χ0v) is 12.8. The summed E-state index contributed by atoms with van der Waals surface area (Å²) in [4.78, 5) is 0. The minimum absolute atomic E-state index is 0.307. The summed E-state index contributed by atoms with van der Waals surface area (Å²) in [6.07, 6.45) is 0. The lowest BCUT2D eigenvalue weighted by molar-refractivity contribution is -0.157. The first-order valence-corrected chi connectivity index (χ1v) is 6.70. The summed E-state index contributed by atoms with van der Waals surface area (Å²) in [6.45, 7) is 11.1. The molecule has 1 heterocycles. The summed E-state index contributed by atoms with van der Waals surface area (Å²) in [5, 5.41) is 10.6. The van der Waals surface area contributed by atoms with Crippen molar-refractivity contribution in [1.82, 2.24) is 0 Å². The monoisotopic (exact) mass is 264 g/mol. The molecule has 0 saturated carbocycles. The first-order valence-electron chi connectivity index (χ1n) is 6.70. The van der Waals surface area contributed by atoms with E-state index in [1.54, 1.807) is 7.11 Å². The van der Waals surface area contributed by atoms with E-state index in [-0.39, 0.29) is 5.41 Å². The molecule has 0 bridgehead atoms. The molecule has 0 aliphatic carbocycles. The Morgan fingerprint density at radius 2 is 1.79 bits per heavy atom. The van der Waals surface area contributed by atoms with E-state index in [9.17, 15) is 5.11 Å². The molecule has 1 saturated heterocycles. The molecular formula is C16H24O3. The van der Waals surface area contributed by atoms with Crippen LogP contribution in [0.15, 0.2) is 6.07 Å². The molecule has 19 heavy (non-hydrogen) atoms. The molecular weight excluding hydrogens is 240 g/mol. The van der Waals surface area contributed by atoms with Gasteiger partial charge in [-0.1, -0.05) is 6.07 Å². The average Bonchev–Trinajstić information content (AvgIpc) is 2.22. The van der Waals surface area contributed by atoms with Gasteiger partial charge in [0.2, 0.25) is 0 Å². The van der Waals surface area contributed by atoms with Gasteiger partial charge in [-0.2, -0.15) is 0 Å². The Labute approximate surface area is 115 Å². The molecule has 1 aromatic rings. The lowest BCUT2D eigenvalue weighted by Crippen LogP contribution is -2.61. The highest BCUT2D eigenvalue weighted by Gasteiger charge is 2.52. The molecule has 2 rings (SSSR count). The van der Waals surface area contributed by atoms with E-state index in [0.29, 0.717) is 13.2 Å². The first-order chi connectivity index (χ1) is 8.74. The van der Waals surface area contributed by atoms with Crippen LogP contribution in [0.2, 0.25) is 0 Å². The highest BCUT2D eigenvalue weighted by Crippen LogP contribution is 2.45. The maximum Gasteiger partial charge on any atom is 0.124 e. The number of rotatable bonds is 3. The smallest absolute Gasteiger partial charge is 0.124 e. The second-order valence-corrected chi connectivity index (χ2v) is 6.16. The van der Waals surface area contributed by atoms with Crippen molar-refractivity contribution in [3.05, 3.63) is 28.3 Å². The maximum absolute atomic E-state index is 10.6. The molecule has 1 aliphatic heterocycles. The average molecular weight is 264 g/mol. The third kappa shape index (κ3) is 1.96. The third-order valence-electron chi connectivity index (χ3n) is 4.61. The fourth-order valence-corrected chi connectivity index (χ4v) is 3.01. The Kier molecular flexibility index (Phi) is 3.40. The molecule has 1 aromatic carbocycles. The predicted octanol–water partition coefficient (Wildman–Crippen LogP) is 2.66. The molecule has 0 unspecified atom stereocenters. The SMILES string of the molecule is COc1c(C)cc(C2(C(C)(C)O)COC2)c(C)c1C. The molecule has 1 N–H and O–H groups in total. The normalized spacial score (nSPS) is 18.1.